The van der Waals surface area contributed by atoms with Gasteiger partial charge in [0.05, 0.1) is 19.8 Å². The van der Waals surface area contributed by atoms with Gasteiger partial charge in [0.2, 0.25) is 0 Å². The SMILES string of the molecule is COc1cc(C(=O)O)cc(-c2ccccc2C)c1OC. The fourth-order valence-corrected chi connectivity index (χ4v) is 2.16. The normalized spacial score (nSPS) is 10.2. The third-order valence-electron chi connectivity index (χ3n) is 3.16. The van der Waals surface area contributed by atoms with E-state index < -0.39 is 5.97 Å². The lowest BCUT2D eigenvalue weighted by Crippen LogP contribution is -2.01. The molecule has 4 nitrogen and oxygen atoms in total. The first-order valence-corrected chi connectivity index (χ1v) is 6.13. The van der Waals surface area contributed by atoms with Crippen LogP contribution in [0.1, 0.15) is 15.9 Å². The molecule has 0 saturated heterocycles. The summed E-state index contributed by atoms with van der Waals surface area (Å²) in [7, 11) is 3.03. The van der Waals surface area contributed by atoms with Crippen LogP contribution < -0.4 is 9.47 Å². The molecule has 1 N–H and O–H groups in total. The summed E-state index contributed by atoms with van der Waals surface area (Å²) in [5, 5.41) is 9.21. The van der Waals surface area contributed by atoms with Gasteiger partial charge in [-0.2, -0.15) is 0 Å². The van der Waals surface area contributed by atoms with Gasteiger partial charge in [0.25, 0.3) is 0 Å². The highest BCUT2D eigenvalue weighted by Crippen LogP contribution is 2.40. The van der Waals surface area contributed by atoms with Crippen molar-refractivity contribution in [2.75, 3.05) is 14.2 Å². The Bertz CT molecular complexity index is 647. The van der Waals surface area contributed by atoms with Crippen LogP contribution in [0.4, 0.5) is 0 Å². The van der Waals surface area contributed by atoms with Crippen molar-refractivity contribution in [3.8, 4) is 22.6 Å². The van der Waals surface area contributed by atoms with Gasteiger partial charge < -0.3 is 14.6 Å². The van der Waals surface area contributed by atoms with Crippen LogP contribution in [0.25, 0.3) is 11.1 Å². The molecule has 2 aromatic rings. The number of hydrogen-bond acceptors (Lipinski definition) is 3. The number of ether oxygens (including phenoxy) is 2. The minimum Gasteiger partial charge on any atom is -0.493 e. The van der Waals surface area contributed by atoms with Gasteiger partial charge >= 0.3 is 5.97 Å². The van der Waals surface area contributed by atoms with E-state index in [-0.39, 0.29) is 5.56 Å². The lowest BCUT2D eigenvalue weighted by Gasteiger charge is -2.15. The summed E-state index contributed by atoms with van der Waals surface area (Å²) in [5.41, 5.74) is 2.84. The summed E-state index contributed by atoms with van der Waals surface area (Å²) in [6, 6.07) is 10.8. The summed E-state index contributed by atoms with van der Waals surface area (Å²) in [6.45, 7) is 1.97. The number of benzene rings is 2. The van der Waals surface area contributed by atoms with Gasteiger partial charge in [0.15, 0.2) is 11.5 Å². The fraction of sp³-hybridized carbons (Fsp3) is 0.188. The van der Waals surface area contributed by atoms with Crippen LogP contribution in [0.5, 0.6) is 11.5 Å². The van der Waals surface area contributed by atoms with Crippen LogP contribution >= 0.6 is 0 Å². The fourth-order valence-electron chi connectivity index (χ4n) is 2.16. The van der Waals surface area contributed by atoms with E-state index in [1.54, 1.807) is 13.2 Å². The van der Waals surface area contributed by atoms with Gasteiger partial charge in [-0.15, -0.1) is 0 Å². The van der Waals surface area contributed by atoms with E-state index in [2.05, 4.69) is 0 Å². The van der Waals surface area contributed by atoms with Crippen molar-refractivity contribution in [3.63, 3.8) is 0 Å². The van der Waals surface area contributed by atoms with E-state index in [1.165, 1.54) is 13.2 Å². The highest BCUT2D eigenvalue weighted by Gasteiger charge is 2.17. The van der Waals surface area contributed by atoms with E-state index in [4.69, 9.17) is 9.47 Å². The molecule has 2 rings (SSSR count). The van der Waals surface area contributed by atoms with E-state index in [1.807, 2.05) is 31.2 Å². The summed E-state index contributed by atoms with van der Waals surface area (Å²) >= 11 is 0. The number of aryl methyl sites for hydroxylation is 1. The summed E-state index contributed by atoms with van der Waals surface area (Å²) in [5.74, 6) is -0.0572. The topological polar surface area (TPSA) is 55.8 Å². The highest BCUT2D eigenvalue weighted by atomic mass is 16.5. The van der Waals surface area contributed by atoms with Gasteiger partial charge in [-0.1, -0.05) is 24.3 Å². The zero-order valence-electron chi connectivity index (χ0n) is 11.6. The number of carboxylic acid groups (broad SMARTS) is 1. The lowest BCUT2D eigenvalue weighted by molar-refractivity contribution is 0.0696. The van der Waals surface area contributed by atoms with Crippen LogP contribution in [-0.2, 0) is 0 Å². The second-order valence-corrected chi connectivity index (χ2v) is 4.38. The smallest absolute Gasteiger partial charge is 0.335 e. The van der Waals surface area contributed by atoms with Crippen molar-refractivity contribution in [2.45, 2.75) is 6.92 Å². The first-order valence-electron chi connectivity index (χ1n) is 6.13. The molecule has 0 saturated carbocycles. The van der Waals surface area contributed by atoms with Crippen molar-refractivity contribution in [3.05, 3.63) is 47.5 Å². The Morgan fingerprint density at radius 1 is 1.05 bits per heavy atom. The second kappa shape index (κ2) is 5.65. The molecular weight excluding hydrogens is 256 g/mol. The number of carbonyl (C=O) groups is 1. The van der Waals surface area contributed by atoms with E-state index in [0.717, 1.165) is 11.1 Å². The van der Waals surface area contributed by atoms with Gasteiger partial charge in [-0.25, -0.2) is 4.79 Å². The molecule has 0 fully saturated rings. The van der Waals surface area contributed by atoms with Crippen molar-refractivity contribution < 1.29 is 19.4 Å². The Morgan fingerprint density at radius 3 is 2.30 bits per heavy atom. The monoisotopic (exact) mass is 272 g/mol. The van der Waals surface area contributed by atoms with Gasteiger partial charge in [-0.05, 0) is 30.2 Å². The maximum atomic E-state index is 11.2. The van der Waals surface area contributed by atoms with Gasteiger partial charge in [-0.3, -0.25) is 0 Å². The highest BCUT2D eigenvalue weighted by molar-refractivity contribution is 5.92. The van der Waals surface area contributed by atoms with E-state index in [0.29, 0.717) is 17.1 Å². The molecule has 2 aromatic carbocycles. The van der Waals surface area contributed by atoms with Crippen molar-refractivity contribution in [1.82, 2.24) is 0 Å². The molecule has 20 heavy (non-hydrogen) atoms. The zero-order chi connectivity index (χ0) is 14.7. The number of carboxylic acids is 1. The maximum Gasteiger partial charge on any atom is 0.335 e. The molecule has 0 spiro atoms. The molecule has 0 aliphatic heterocycles. The Hall–Kier alpha value is -2.49. The van der Waals surface area contributed by atoms with Crippen LogP contribution in [0.3, 0.4) is 0 Å². The maximum absolute atomic E-state index is 11.2. The third kappa shape index (κ3) is 2.45. The van der Waals surface area contributed by atoms with E-state index in [9.17, 15) is 9.90 Å². The minimum absolute atomic E-state index is 0.168. The van der Waals surface area contributed by atoms with Crippen molar-refractivity contribution in [1.29, 1.82) is 0 Å². The Balaban J connectivity index is 2.76. The first-order chi connectivity index (χ1) is 9.58. The van der Waals surface area contributed by atoms with Crippen LogP contribution in [-0.4, -0.2) is 25.3 Å². The molecule has 0 aliphatic carbocycles. The molecule has 104 valence electrons. The molecule has 0 aliphatic rings. The molecule has 4 heteroatoms. The largest absolute Gasteiger partial charge is 0.493 e. The average Bonchev–Trinajstić information content (AvgIpc) is 2.46. The predicted molar refractivity (Wildman–Crippen MR) is 76.7 cm³/mol. The van der Waals surface area contributed by atoms with Gasteiger partial charge in [0.1, 0.15) is 0 Å². The lowest BCUT2D eigenvalue weighted by atomic mass is 9.97. The predicted octanol–water partition coefficient (Wildman–Crippen LogP) is 3.38. The summed E-state index contributed by atoms with van der Waals surface area (Å²) in [6.07, 6.45) is 0. The number of aromatic carboxylic acids is 1. The third-order valence-corrected chi connectivity index (χ3v) is 3.16. The Morgan fingerprint density at radius 2 is 1.75 bits per heavy atom. The standard InChI is InChI=1S/C16H16O4/c1-10-6-4-5-7-12(10)13-8-11(16(17)18)9-14(19-2)15(13)20-3/h4-9H,1-3H3,(H,17,18). The van der Waals surface area contributed by atoms with Crippen molar-refractivity contribution >= 4 is 5.97 Å². The number of hydrogen-bond donors (Lipinski definition) is 1. The zero-order valence-corrected chi connectivity index (χ0v) is 11.6. The molecule has 0 unspecified atom stereocenters. The molecule has 0 bridgehead atoms. The first kappa shape index (κ1) is 13.9. The van der Waals surface area contributed by atoms with Crippen LogP contribution in [0.15, 0.2) is 36.4 Å². The van der Waals surface area contributed by atoms with Crippen molar-refractivity contribution in [2.24, 2.45) is 0 Å². The quantitative estimate of drug-likeness (QED) is 0.927. The summed E-state index contributed by atoms with van der Waals surface area (Å²) < 4.78 is 10.6. The van der Waals surface area contributed by atoms with Crippen LogP contribution in [0, 0.1) is 6.92 Å². The van der Waals surface area contributed by atoms with Gasteiger partial charge in [0, 0.05) is 5.56 Å². The molecule has 0 heterocycles. The molecular formula is C16H16O4. The number of methoxy groups -OCH3 is 2. The van der Waals surface area contributed by atoms with Crippen LogP contribution in [0.2, 0.25) is 0 Å². The number of rotatable bonds is 4. The molecule has 0 radical (unpaired) electrons. The second-order valence-electron chi connectivity index (χ2n) is 4.38. The van der Waals surface area contributed by atoms with E-state index >= 15 is 0 Å². The average molecular weight is 272 g/mol. The summed E-state index contributed by atoms with van der Waals surface area (Å²) in [4.78, 5) is 11.2. The Labute approximate surface area is 117 Å². The Kier molecular flexibility index (Phi) is 3.94. The molecule has 0 aromatic heterocycles. The minimum atomic E-state index is -0.999. The molecule has 0 amide bonds. The molecule has 0 atom stereocenters.